The van der Waals surface area contributed by atoms with Crippen molar-refractivity contribution < 1.29 is 4.39 Å². The molecule has 150 valence electrons. The van der Waals surface area contributed by atoms with Crippen molar-refractivity contribution >= 4 is 12.9 Å². The van der Waals surface area contributed by atoms with Crippen LogP contribution in [0.1, 0.15) is 42.2 Å². The molecule has 6 heteroatoms. The smallest absolute Gasteiger partial charge is 0.166 e. The molecule has 0 aliphatic rings. The topological polar surface area (TPSA) is 54.6 Å². The van der Waals surface area contributed by atoms with Gasteiger partial charge in [0, 0.05) is 18.2 Å². The van der Waals surface area contributed by atoms with E-state index in [1.54, 1.807) is 6.21 Å². The normalized spacial score (nSPS) is 13.3. The van der Waals surface area contributed by atoms with Crippen LogP contribution in [0.25, 0.3) is 11.3 Å². The fourth-order valence-electron chi connectivity index (χ4n) is 3.18. The molecule has 0 aliphatic carbocycles. The van der Waals surface area contributed by atoms with E-state index in [-0.39, 0.29) is 12.1 Å². The minimum Gasteiger partial charge on any atom is -0.303 e. The number of rotatable bonds is 9. The predicted molar refractivity (Wildman–Crippen MR) is 117 cm³/mol. The van der Waals surface area contributed by atoms with Crippen LogP contribution in [0.2, 0.25) is 0 Å². The van der Waals surface area contributed by atoms with Crippen LogP contribution < -0.4 is 5.43 Å². The maximum absolute atomic E-state index is 13.6. The van der Waals surface area contributed by atoms with Gasteiger partial charge >= 0.3 is 0 Å². The Morgan fingerprint density at radius 2 is 1.90 bits per heavy atom. The summed E-state index contributed by atoms with van der Waals surface area (Å²) in [6, 6.07) is 17.8. The zero-order chi connectivity index (χ0) is 20.6. The quantitative estimate of drug-likeness (QED) is 0.400. The number of nitrogens with one attached hydrogen (secondary N) is 1. The molecule has 1 aromatic heterocycles. The third kappa shape index (κ3) is 4.96. The first-order valence-electron chi connectivity index (χ1n) is 9.60. The van der Waals surface area contributed by atoms with Crippen molar-refractivity contribution in [3.8, 4) is 11.3 Å². The van der Waals surface area contributed by atoms with Crippen molar-refractivity contribution in [2.24, 2.45) is 10.1 Å². The lowest BCUT2D eigenvalue weighted by atomic mass is 10.0. The van der Waals surface area contributed by atoms with Gasteiger partial charge in [0.05, 0.1) is 29.8 Å². The second-order valence-electron chi connectivity index (χ2n) is 6.94. The number of halogens is 1. The number of hydrogen-bond donors (Lipinski definition) is 1. The molecule has 0 saturated carbocycles. The maximum atomic E-state index is 13.6. The lowest BCUT2D eigenvalue weighted by molar-refractivity contribution is 0.364. The number of aliphatic imine (C=N–C) groups is 1. The molecule has 29 heavy (non-hydrogen) atoms. The molecule has 0 fully saturated rings. The Labute approximate surface area is 171 Å². The third-order valence-corrected chi connectivity index (χ3v) is 4.86. The lowest BCUT2D eigenvalue weighted by Gasteiger charge is -2.15. The minimum absolute atomic E-state index is 0.0853. The maximum Gasteiger partial charge on any atom is 0.166 e. The summed E-state index contributed by atoms with van der Waals surface area (Å²) in [5, 5.41) is 4.33. The van der Waals surface area contributed by atoms with Gasteiger partial charge in [-0.15, -0.1) is 0 Å². The highest BCUT2D eigenvalue weighted by molar-refractivity contribution is 5.65. The van der Waals surface area contributed by atoms with E-state index in [4.69, 9.17) is 0 Å². The van der Waals surface area contributed by atoms with Crippen molar-refractivity contribution in [3.05, 3.63) is 77.7 Å². The number of aromatic nitrogens is 2. The first-order valence-corrected chi connectivity index (χ1v) is 9.60. The van der Waals surface area contributed by atoms with E-state index in [2.05, 4.69) is 39.4 Å². The van der Waals surface area contributed by atoms with Crippen molar-refractivity contribution in [3.63, 3.8) is 0 Å². The summed E-state index contributed by atoms with van der Waals surface area (Å²) in [6.07, 6.45) is 3.76. The van der Waals surface area contributed by atoms with Crippen molar-refractivity contribution in [1.82, 2.24) is 15.0 Å². The summed E-state index contributed by atoms with van der Waals surface area (Å²) in [5.74, 6) is 0. The van der Waals surface area contributed by atoms with Crippen LogP contribution in [0.5, 0.6) is 0 Å². The van der Waals surface area contributed by atoms with Gasteiger partial charge in [0.15, 0.2) is 6.80 Å². The Kier molecular flexibility index (Phi) is 6.89. The van der Waals surface area contributed by atoms with Gasteiger partial charge in [-0.25, -0.2) is 9.37 Å². The molecular formula is C23H26FN5. The van der Waals surface area contributed by atoms with Gasteiger partial charge in [0.25, 0.3) is 0 Å². The monoisotopic (exact) mass is 391 g/mol. The molecule has 0 amide bonds. The highest BCUT2D eigenvalue weighted by Crippen LogP contribution is 2.31. The molecule has 1 N–H and O–H groups in total. The first-order chi connectivity index (χ1) is 14.1. The first kappa shape index (κ1) is 20.5. The highest BCUT2D eigenvalue weighted by atomic mass is 19.1. The molecule has 0 aliphatic heterocycles. The molecule has 0 saturated heterocycles. The third-order valence-electron chi connectivity index (χ3n) is 4.86. The molecule has 2 unspecified atom stereocenters. The Balaban J connectivity index is 1.75. The summed E-state index contributed by atoms with van der Waals surface area (Å²) in [5.41, 5.74) is 7.78. The average molecular weight is 391 g/mol. The van der Waals surface area contributed by atoms with Crippen LogP contribution in [0.15, 0.2) is 71.0 Å². The fraction of sp³-hybridized carbons (Fsp3) is 0.261. The van der Waals surface area contributed by atoms with Gasteiger partial charge in [-0.3, -0.25) is 4.99 Å². The van der Waals surface area contributed by atoms with Crippen molar-refractivity contribution in [2.75, 3.05) is 0 Å². The number of alkyl halides is 1. The average Bonchev–Trinajstić information content (AvgIpc) is 3.18. The standard InChI is InChI=1S/C23H26FN5/c1-17-9-11-20(12-10-17)22-23(29(15-24)16-26-22)21(25-3)13-14-27-28-18(2)19-7-5-4-6-8-19/h4-12,14,16,18,21,28H,3,13,15H2,1-2H3/b27-14-. The van der Waals surface area contributed by atoms with E-state index in [0.29, 0.717) is 12.1 Å². The second-order valence-corrected chi connectivity index (χ2v) is 6.94. The summed E-state index contributed by atoms with van der Waals surface area (Å²) < 4.78 is 15.0. The predicted octanol–water partition coefficient (Wildman–Crippen LogP) is 5.25. The molecule has 3 aromatic rings. The molecule has 0 bridgehead atoms. The van der Waals surface area contributed by atoms with Crippen molar-refractivity contribution in [1.29, 1.82) is 0 Å². The Hall–Kier alpha value is -3.28. The Morgan fingerprint density at radius 1 is 1.17 bits per heavy atom. The van der Waals surface area contributed by atoms with E-state index in [0.717, 1.165) is 22.4 Å². The zero-order valence-electron chi connectivity index (χ0n) is 16.8. The molecule has 2 aromatic carbocycles. The Morgan fingerprint density at radius 3 is 2.55 bits per heavy atom. The van der Waals surface area contributed by atoms with Crippen LogP contribution in [0.3, 0.4) is 0 Å². The van der Waals surface area contributed by atoms with Crippen molar-refractivity contribution in [2.45, 2.75) is 39.2 Å². The largest absolute Gasteiger partial charge is 0.303 e. The second kappa shape index (κ2) is 9.78. The van der Waals surface area contributed by atoms with Crippen LogP contribution >= 0.6 is 0 Å². The van der Waals surface area contributed by atoms with E-state index >= 15 is 0 Å². The summed E-state index contributed by atoms with van der Waals surface area (Å²) in [7, 11) is 0. The van der Waals surface area contributed by atoms with E-state index in [1.165, 1.54) is 10.9 Å². The Bertz CT molecular complexity index is 947. The number of hydrazone groups is 1. The number of nitrogens with zero attached hydrogens (tertiary/aromatic N) is 4. The molecule has 0 radical (unpaired) electrons. The zero-order valence-corrected chi connectivity index (χ0v) is 16.8. The van der Waals surface area contributed by atoms with Crippen LogP contribution in [0.4, 0.5) is 4.39 Å². The molecule has 5 nitrogen and oxygen atoms in total. The SMILES string of the molecule is C=NC(C/C=N\NC(C)c1ccccc1)c1c(-c2ccc(C)cc2)ncn1CF. The molecule has 1 heterocycles. The van der Waals surface area contributed by atoms with Crippen LogP contribution in [-0.2, 0) is 6.80 Å². The van der Waals surface area contributed by atoms with E-state index < -0.39 is 6.80 Å². The summed E-state index contributed by atoms with van der Waals surface area (Å²) in [4.78, 5) is 8.65. The molecule has 2 atom stereocenters. The highest BCUT2D eigenvalue weighted by Gasteiger charge is 2.20. The van der Waals surface area contributed by atoms with E-state index in [1.807, 2.05) is 56.3 Å². The number of imidazole rings is 1. The fourth-order valence-corrected chi connectivity index (χ4v) is 3.18. The van der Waals surface area contributed by atoms with Gasteiger partial charge < -0.3 is 9.99 Å². The number of hydrogen-bond acceptors (Lipinski definition) is 4. The van der Waals surface area contributed by atoms with Gasteiger partial charge in [0.2, 0.25) is 0 Å². The summed E-state index contributed by atoms with van der Waals surface area (Å²) >= 11 is 0. The van der Waals surface area contributed by atoms with Gasteiger partial charge in [-0.1, -0.05) is 60.2 Å². The van der Waals surface area contributed by atoms with Gasteiger partial charge in [0.1, 0.15) is 0 Å². The molecule has 3 rings (SSSR count). The van der Waals surface area contributed by atoms with Crippen LogP contribution in [0, 0.1) is 6.92 Å². The van der Waals surface area contributed by atoms with Crippen LogP contribution in [-0.4, -0.2) is 22.5 Å². The summed E-state index contributed by atoms with van der Waals surface area (Å²) in [6.45, 7) is 7.11. The molecule has 0 spiro atoms. The number of benzene rings is 2. The minimum atomic E-state index is -0.666. The van der Waals surface area contributed by atoms with Gasteiger partial charge in [-0.2, -0.15) is 5.10 Å². The number of aryl methyl sites for hydroxylation is 1. The molecular weight excluding hydrogens is 365 g/mol. The van der Waals surface area contributed by atoms with E-state index in [9.17, 15) is 4.39 Å². The van der Waals surface area contributed by atoms with Gasteiger partial charge in [-0.05, 0) is 26.1 Å². The lowest BCUT2D eigenvalue weighted by Crippen LogP contribution is -2.13.